The minimum atomic E-state index is -0.0698. The molecule has 2 aromatic carbocycles. The van der Waals surface area contributed by atoms with Crippen LogP contribution in [0, 0.1) is 6.92 Å². The summed E-state index contributed by atoms with van der Waals surface area (Å²) in [6.07, 6.45) is 0.799. The van der Waals surface area contributed by atoms with E-state index in [9.17, 15) is 9.59 Å². The highest BCUT2D eigenvalue weighted by atomic mass is 16.2. The summed E-state index contributed by atoms with van der Waals surface area (Å²) in [7, 11) is 1.62. The smallest absolute Gasteiger partial charge is 0.241 e. The zero-order chi connectivity index (χ0) is 18.5. The lowest BCUT2D eigenvalue weighted by atomic mass is 10.0. The third kappa shape index (κ3) is 4.29. The number of rotatable bonds is 5. The van der Waals surface area contributed by atoms with E-state index in [1.165, 1.54) is 11.1 Å². The Labute approximate surface area is 154 Å². The van der Waals surface area contributed by atoms with Gasteiger partial charge in [0.1, 0.15) is 0 Å². The van der Waals surface area contributed by atoms with Crippen molar-refractivity contribution in [2.45, 2.75) is 19.4 Å². The molecule has 0 aliphatic carbocycles. The fourth-order valence-corrected chi connectivity index (χ4v) is 3.32. The maximum absolute atomic E-state index is 12.7. The van der Waals surface area contributed by atoms with Crippen LogP contribution in [0.3, 0.4) is 0 Å². The summed E-state index contributed by atoms with van der Waals surface area (Å²) in [5, 5.41) is 2.66. The molecule has 136 valence electrons. The lowest BCUT2D eigenvalue weighted by Gasteiger charge is -2.40. The molecule has 1 aliphatic heterocycles. The van der Waals surface area contributed by atoms with Crippen LogP contribution in [0.4, 0.5) is 5.69 Å². The highest BCUT2D eigenvalue weighted by molar-refractivity contribution is 5.96. The summed E-state index contributed by atoms with van der Waals surface area (Å²) >= 11 is 0. The molecule has 1 aliphatic rings. The number of hydrogen-bond donors (Lipinski definition) is 1. The molecular weight excluding hydrogens is 326 g/mol. The van der Waals surface area contributed by atoms with Gasteiger partial charge in [0, 0.05) is 25.3 Å². The number of carbonyl (C=O) groups excluding carboxylic acids is 2. The van der Waals surface area contributed by atoms with E-state index in [1.54, 1.807) is 7.05 Å². The third-order valence-electron chi connectivity index (χ3n) is 4.83. The van der Waals surface area contributed by atoms with E-state index in [-0.39, 0.29) is 30.9 Å². The molecule has 1 saturated heterocycles. The Morgan fingerprint density at radius 1 is 1.12 bits per heavy atom. The first kappa shape index (κ1) is 18.1. The number of hydrogen-bond acceptors (Lipinski definition) is 3. The Morgan fingerprint density at radius 2 is 1.81 bits per heavy atom. The maximum atomic E-state index is 12.7. The van der Waals surface area contributed by atoms with E-state index >= 15 is 0 Å². The summed E-state index contributed by atoms with van der Waals surface area (Å²) in [4.78, 5) is 28.4. The van der Waals surface area contributed by atoms with Crippen LogP contribution in [0.15, 0.2) is 54.6 Å². The number of carbonyl (C=O) groups is 2. The van der Waals surface area contributed by atoms with Crippen molar-refractivity contribution in [2.75, 3.05) is 31.6 Å². The summed E-state index contributed by atoms with van der Waals surface area (Å²) in [5.41, 5.74) is 3.29. The molecule has 26 heavy (non-hydrogen) atoms. The van der Waals surface area contributed by atoms with Crippen LogP contribution in [0.2, 0.25) is 0 Å². The normalized spacial score (nSPS) is 18.0. The minimum Gasteiger partial charge on any atom is -0.358 e. The zero-order valence-electron chi connectivity index (χ0n) is 15.3. The molecule has 0 unspecified atom stereocenters. The molecule has 5 heteroatoms. The van der Waals surface area contributed by atoms with Gasteiger partial charge in [-0.3, -0.25) is 14.5 Å². The molecule has 0 radical (unpaired) electrons. The lowest BCUT2D eigenvalue weighted by molar-refractivity contribution is -0.126. The van der Waals surface area contributed by atoms with Gasteiger partial charge in [0.2, 0.25) is 11.8 Å². The number of nitrogens with zero attached hydrogens (tertiary/aromatic N) is 2. The fourth-order valence-electron chi connectivity index (χ4n) is 3.32. The van der Waals surface area contributed by atoms with Gasteiger partial charge in [-0.2, -0.15) is 0 Å². The lowest BCUT2D eigenvalue weighted by Crippen LogP contribution is -2.58. The molecule has 2 amide bonds. The molecule has 1 N–H and O–H groups in total. The molecule has 5 nitrogen and oxygen atoms in total. The van der Waals surface area contributed by atoms with Crippen LogP contribution in [0.5, 0.6) is 0 Å². The second-order valence-corrected chi connectivity index (χ2v) is 6.76. The van der Waals surface area contributed by atoms with Gasteiger partial charge < -0.3 is 10.2 Å². The second-order valence-electron chi connectivity index (χ2n) is 6.76. The fraction of sp³-hybridized carbons (Fsp3) is 0.333. The molecule has 0 bridgehead atoms. The summed E-state index contributed by atoms with van der Waals surface area (Å²) < 4.78 is 0. The second kappa shape index (κ2) is 8.15. The number of nitrogens with one attached hydrogen (secondary N) is 1. The van der Waals surface area contributed by atoms with Crippen molar-refractivity contribution in [1.29, 1.82) is 0 Å². The monoisotopic (exact) mass is 351 g/mol. The van der Waals surface area contributed by atoms with Gasteiger partial charge in [0.15, 0.2) is 0 Å². The van der Waals surface area contributed by atoms with Crippen molar-refractivity contribution in [3.8, 4) is 0 Å². The van der Waals surface area contributed by atoms with Crippen molar-refractivity contribution >= 4 is 17.5 Å². The highest BCUT2D eigenvalue weighted by Crippen LogP contribution is 2.22. The van der Waals surface area contributed by atoms with Crippen molar-refractivity contribution < 1.29 is 9.59 Å². The van der Waals surface area contributed by atoms with Crippen molar-refractivity contribution in [2.24, 2.45) is 0 Å². The molecule has 1 fully saturated rings. The Kier molecular flexibility index (Phi) is 5.68. The van der Waals surface area contributed by atoms with Gasteiger partial charge in [0.25, 0.3) is 0 Å². The van der Waals surface area contributed by atoms with E-state index in [1.807, 2.05) is 59.2 Å². The number of likely N-dealkylation sites (N-methyl/N-ethyl adjacent to an activating group) is 1. The zero-order valence-corrected chi connectivity index (χ0v) is 15.3. The molecule has 0 aromatic heterocycles. The quantitative estimate of drug-likeness (QED) is 0.896. The predicted octanol–water partition coefficient (Wildman–Crippen LogP) is 2.00. The topological polar surface area (TPSA) is 52.7 Å². The Balaban J connectivity index is 1.82. The van der Waals surface area contributed by atoms with Crippen molar-refractivity contribution in [3.63, 3.8) is 0 Å². The number of anilines is 1. The van der Waals surface area contributed by atoms with Crippen molar-refractivity contribution in [1.82, 2.24) is 10.2 Å². The Hall–Kier alpha value is -2.66. The Morgan fingerprint density at radius 3 is 2.46 bits per heavy atom. The summed E-state index contributed by atoms with van der Waals surface area (Å²) in [6, 6.07) is 18.3. The molecule has 2 aromatic rings. The standard InChI is InChI=1S/C21H25N3O2/c1-16-8-10-18(11-9-16)24-13-19(12-17-6-4-3-5-7-17)23(15-21(24)26)14-20(25)22-2/h3-11,19H,12-15H2,1-2H3,(H,22,25)/t19-/m0/s1. The molecule has 0 saturated carbocycles. The summed E-state index contributed by atoms with van der Waals surface area (Å²) in [6.45, 7) is 3.10. The molecule has 3 rings (SSSR count). The van der Waals surface area contributed by atoms with Crippen LogP contribution in [-0.2, 0) is 16.0 Å². The molecular formula is C21H25N3O2. The highest BCUT2D eigenvalue weighted by Gasteiger charge is 2.33. The van der Waals surface area contributed by atoms with Crippen LogP contribution < -0.4 is 10.2 Å². The van der Waals surface area contributed by atoms with Crippen LogP contribution in [-0.4, -0.2) is 49.4 Å². The van der Waals surface area contributed by atoms with E-state index < -0.39 is 0 Å². The molecule has 1 heterocycles. The predicted molar refractivity (Wildman–Crippen MR) is 103 cm³/mol. The van der Waals surface area contributed by atoms with Gasteiger partial charge in [-0.05, 0) is 31.0 Å². The molecule has 0 spiro atoms. The average Bonchev–Trinajstić information content (AvgIpc) is 2.65. The first-order valence-corrected chi connectivity index (χ1v) is 8.92. The first-order chi connectivity index (χ1) is 12.6. The van der Waals surface area contributed by atoms with E-state index in [0.29, 0.717) is 6.54 Å². The van der Waals surface area contributed by atoms with Crippen LogP contribution in [0.1, 0.15) is 11.1 Å². The third-order valence-corrected chi connectivity index (χ3v) is 4.83. The van der Waals surface area contributed by atoms with Gasteiger partial charge >= 0.3 is 0 Å². The van der Waals surface area contributed by atoms with Gasteiger partial charge in [0.05, 0.1) is 13.1 Å². The number of benzene rings is 2. The largest absolute Gasteiger partial charge is 0.358 e. The van der Waals surface area contributed by atoms with Crippen molar-refractivity contribution in [3.05, 3.63) is 65.7 Å². The van der Waals surface area contributed by atoms with Gasteiger partial charge in [-0.25, -0.2) is 0 Å². The van der Waals surface area contributed by atoms with E-state index in [0.717, 1.165) is 12.1 Å². The van der Waals surface area contributed by atoms with E-state index in [2.05, 4.69) is 17.4 Å². The minimum absolute atomic E-state index is 0.0297. The van der Waals surface area contributed by atoms with Crippen LogP contribution >= 0.6 is 0 Å². The SMILES string of the molecule is CNC(=O)CN1CC(=O)N(c2ccc(C)cc2)C[C@@H]1Cc1ccccc1. The van der Waals surface area contributed by atoms with Gasteiger partial charge in [-0.15, -0.1) is 0 Å². The maximum Gasteiger partial charge on any atom is 0.241 e. The summed E-state index contributed by atoms with van der Waals surface area (Å²) in [5.74, 6) is -0.0401. The van der Waals surface area contributed by atoms with Crippen LogP contribution in [0.25, 0.3) is 0 Å². The Bertz CT molecular complexity index is 759. The van der Waals surface area contributed by atoms with E-state index in [4.69, 9.17) is 0 Å². The first-order valence-electron chi connectivity index (χ1n) is 8.92. The number of amides is 2. The van der Waals surface area contributed by atoms with Gasteiger partial charge in [-0.1, -0.05) is 48.0 Å². The number of piperazine rings is 1. The molecule has 1 atom stereocenters. The average molecular weight is 351 g/mol. The number of aryl methyl sites for hydroxylation is 1.